The van der Waals surface area contributed by atoms with Crippen molar-refractivity contribution >= 4 is 24.9 Å². The van der Waals surface area contributed by atoms with E-state index in [9.17, 15) is 4.79 Å². The predicted octanol–water partition coefficient (Wildman–Crippen LogP) is 2.53. The van der Waals surface area contributed by atoms with Crippen LogP contribution in [-0.2, 0) is 9.53 Å². The molecule has 0 fully saturated rings. The number of ether oxygens (including phenoxy) is 1. The Morgan fingerprint density at radius 3 is 2.75 bits per heavy atom. The molecule has 0 radical (unpaired) electrons. The molecule has 0 aliphatic heterocycles. The van der Waals surface area contributed by atoms with Crippen molar-refractivity contribution in [3.8, 4) is 5.75 Å². The van der Waals surface area contributed by atoms with Crippen molar-refractivity contribution in [1.29, 1.82) is 0 Å². The van der Waals surface area contributed by atoms with Crippen LogP contribution >= 0.6 is 18.9 Å². The summed E-state index contributed by atoms with van der Waals surface area (Å²) in [5.41, 5.74) is 5.52. The molecule has 1 rings (SSSR count). The largest absolute Gasteiger partial charge is 0.465 e. The van der Waals surface area contributed by atoms with E-state index < -0.39 is 13.5 Å². The van der Waals surface area contributed by atoms with Gasteiger partial charge in [-0.3, -0.25) is 4.79 Å². The minimum absolute atomic E-state index is 0.273. The molecule has 0 spiro atoms. The van der Waals surface area contributed by atoms with E-state index in [4.69, 9.17) is 15.0 Å². The lowest BCUT2D eigenvalue weighted by molar-refractivity contribution is -0.144. The van der Waals surface area contributed by atoms with Crippen molar-refractivity contribution in [3.63, 3.8) is 0 Å². The molecule has 0 unspecified atom stereocenters. The van der Waals surface area contributed by atoms with Crippen molar-refractivity contribution < 1.29 is 14.1 Å². The van der Waals surface area contributed by atoms with Gasteiger partial charge < -0.3 is 15.0 Å². The lowest BCUT2D eigenvalue weighted by Gasteiger charge is -2.21. The quantitative estimate of drug-likeness (QED) is 0.539. The molecule has 7 heteroatoms. The molecule has 5 nitrogen and oxygen atoms in total. The maximum absolute atomic E-state index is 11.6. The number of rotatable bonds is 9. The zero-order valence-electron chi connectivity index (χ0n) is 11.7. The first-order valence-corrected chi connectivity index (χ1v) is 9.31. The number of para-hydroxylation sites is 1. The Labute approximate surface area is 125 Å². The van der Waals surface area contributed by atoms with Crippen LogP contribution < -0.4 is 15.3 Å². The molecule has 0 heterocycles. The minimum Gasteiger partial charge on any atom is -0.465 e. The van der Waals surface area contributed by atoms with Crippen LogP contribution in [0.4, 0.5) is 0 Å². The van der Waals surface area contributed by atoms with E-state index in [1.54, 1.807) is 25.2 Å². The van der Waals surface area contributed by atoms with Gasteiger partial charge in [-0.25, -0.2) is 5.09 Å². The first-order valence-electron chi connectivity index (χ1n) is 6.46. The highest BCUT2D eigenvalue weighted by Gasteiger charge is 2.21. The summed E-state index contributed by atoms with van der Waals surface area (Å²) >= 11 is 1.58. The van der Waals surface area contributed by atoms with Crippen LogP contribution in [0.3, 0.4) is 0 Å². The number of carbonyl (C=O) groups excluding carboxylic acids is 1. The first-order chi connectivity index (χ1) is 9.67. The molecule has 0 aliphatic rings. The summed E-state index contributed by atoms with van der Waals surface area (Å²) in [6.45, 7) is 4.50. The second-order valence-electron chi connectivity index (χ2n) is 3.89. The fourth-order valence-electron chi connectivity index (χ4n) is 1.28. The minimum atomic E-state index is -1.04. The van der Waals surface area contributed by atoms with Gasteiger partial charge in [0.05, 0.1) is 6.61 Å². The van der Waals surface area contributed by atoms with Gasteiger partial charge in [-0.05, 0) is 26.0 Å². The summed E-state index contributed by atoms with van der Waals surface area (Å²) in [4.78, 5) is 11.6. The molecule has 0 bridgehead atoms. The number of hydrogen-bond donors (Lipinski definition) is 2. The second-order valence-corrected chi connectivity index (χ2v) is 7.28. The lowest BCUT2D eigenvalue weighted by Crippen LogP contribution is -2.32. The van der Waals surface area contributed by atoms with E-state index in [1.165, 1.54) is 0 Å². The Kier molecular flexibility index (Phi) is 8.62. The SMILES string of the molecule is CCOC(=O)[C@H](C)N[P@@](Oc1ccccc1)SCCN. The monoisotopic (exact) mass is 316 g/mol. The molecular weight excluding hydrogens is 295 g/mol. The molecule has 0 amide bonds. The third kappa shape index (κ3) is 6.57. The van der Waals surface area contributed by atoms with Crippen LogP contribution in [0.2, 0.25) is 0 Å². The van der Waals surface area contributed by atoms with Gasteiger partial charge in [0.2, 0.25) is 7.50 Å². The molecule has 0 saturated heterocycles. The number of esters is 1. The van der Waals surface area contributed by atoms with Gasteiger partial charge in [-0.15, -0.1) is 0 Å². The zero-order valence-corrected chi connectivity index (χ0v) is 13.5. The van der Waals surface area contributed by atoms with Crippen molar-refractivity contribution in [2.75, 3.05) is 18.9 Å². The normalized spacial score (nSPS) is 13.6. The highest BCUT2D eigenvalue weighted by Crippen LogP contribution is 2.47. The predicted molar refractivity (Wildman–Crippen MR) is 84.7 cm³/mol. The second kappa shape index (κ2) is 10.00. The van der Waals surface area contributed by atoms with Crippen LogP contribution in [0, 0.1) is 0 Å². The molecule has 0 saturated carbocycles. The Morgan fingerprint density at radius 1 is 1.45 bits per heavy atom. The summed E-state index contributed by atoms with van der Waals surface area (Å²) in [5, 5.41) is 3.16. The van der Waals surface area contributed by atoms with Crippen LogP contribution in [0.5, 0.6) is 5.75 Å². The van der Waals surface area contributed by atoms with Gasteiger partial charge in [-0.1, -0.05) is 29.6 Å². The average Bonchev–Trinajstić information content (AvgIpc) is 2.46. The molecular formula is C13H21N2O3PS. The number of benzene rings is 1. The summed E-state index contributed by atoms with van der Waals surface area (Å²) in [6.07, 6.45) is 0. The standard InChI is InChI=1S/C13H21N2O3PS/c1-3-17-13(16)11(2)15-19(20-10-9-14)18-12-7-5-4-6-8-12/h4-8,11,15H,3,9-10,14H2,1-2H3/t11-,19-/m0/s1. The summed E-state index contributed by atoms with van der Waals surface area (Å²) < 4.78 is 10.8. The lowest BCUT2D eigenvalue weighted by atomic mass is 10.3. The highest BCUT2D eigenvalue weighted by atomic mass is 32.7. The third-order valence-corrected chi connectivity index (χ3v) is 5.62. The third-order valence-electron chi connectivity index (χ3n) is 2.20. The van der Waals surface area contributed by atoms with E-state index in [0.717, 1.165) is 11.5 Å². The maximum atomic E-state index is 11.6. The van der Waals surface area contributed by atoms with Crippen molar-refractivity contribution in [2.45, 2.75) is 19.9 Å². The van der Waals surface area contributed by atoms with Gasteiger partial charge in [-0.2, -0.15) is 0 Å². The Hall–Kier alpha value is -0.810. The van der Waals surface area contributed by atoms with E-state index in [2.05, 4.69) is 5.09 Å². The van der Waals surface area contributed by atoms with Gasteiger partial charge in [0.15, 0.2) is 0 Å². The highest BCUT2D eigenvalue weighted by molar-refractivity contribution is 8.53. The number of nitrogens with one attached hydrogen (secondary N) is 1. The van der Waals surface area contributed by atoms with Crippen molar-refractivity contribution in [1.82, 2.24) is 5.09 Å². The van der Waals surface area contributed by atoms with Crippen LogP contribution in [0.15, 0.2) is 30.3 Å². The summed E-state index contributed by atoms with van der Waals surface area (Å²) in [7, 11) is -1.04. The molecule has 0 aromatic heterocycles. The topological polar surface area (TPSA) is 73.6 Å². The smallest absolute Gasteiger partial charge is 0.323 e. The molecule has 20 heavy (non-hydrogen) atoms. The van der Waals surface area contributed by atoms with Gasteiger partial charge >= 0.3 is 5.97 Å². The summed E-state index contributed by atoms with van der Waals surface area (Å²) in [5.74, 6) is 1.26. The van der Waals surface area contributed by atoms with E-state index in [0.29, 0.717) is 13.2 Å². The fraction of sp³-hybridized carbons (Fsp3) is 0.462. The van der Waals surface area contributed by atoms with E-state index in [-0.39, 0.29) is 5.97 Å². The zero-order chi connectivity index (χ0) is 14.8. The van der Waals surface area contributed by atoms with Crippen LogP contribution in [0.25, 0.3) is 0 Å². The number of carbonyl (C=O) groups is 1. The van der Waals surface area contributed by atoms with Crippen LogP contribution in [-0.4, -0.2) is 30.9 Å². The molecule has 0 aliphatic carbocycles. The number of hydrogen-bond acceptors (Lipinski definition) is 6. The van der Waals surface area contributed by atoms with Crippen molar-refractivity contribution in [2.24, 2.45) is 5.73 Å². The van der Waals surface area contributed by atoms with Gasteiger partial charge in [0.25, 0.3) is 0 Å². The number of nitrogens with two attached hydrogens (primary N) is 1. The van der Waals surface area contributed by atoms with Gasteiger partial charge in [0, 0.05) is 12.3 Å². The Morgan fingerprint density at radius 2 is 2.15 bits per heavy atom. The molecule has 2 atom stereocenters. The molecule has 3 N–H and O–H groups in total. The maximum Gasteiger partial charge on any atom is 0.323 e. The first kappa shape index (κ1) is 17.2. The van der Waals surface area contributed by atoms with E-state index >= 15 is 0 Å². The fourth-order valence-corrected chi connectivity index (χ4v) is 4.39. The Balaban J connectivity index is 2.57. The molecule has 1 aromatic carbocycles. The summed E-state index contributed by atoms with van der Waals surface area (Å²) in [6, 6.07) is 9.10. The average molecular weight is 316 g/mol. The Bertz CT molecular complexity index is 394. The molecule has 112 valence electrons. The van der Waals surface area contributed by atoms with Gasteiger partial charge in [0.1, 0.15) is 11.8 Å². The van der Waals surface area contributed by atoms with Crippen LogP contribution in [0.1, 0.15) is 13.8 Å². The van der Waals surface area contributed by atoms with E-state index in [1.807, 2.05) is 30.3 Å². The van der Waals surface area contributed by atoms with Crippen molar-refractivity contribution in [3.05, 3.63) is 30.3 Å². The molecule has 1 aromatic rings.